The molecule has 10 heteroatoms. The number of carbonyl (C=O) groups excluding carboxylic acids is 1. The summed E-state index contributed by atoms with van der Waals surface area (Å²) in [5, 5.41) is 18.3. The Hall–Kier alpha value is -1.91. The van der Waals surface area contributed by atoms with Gasteiger partial charge in [-0.15, -0.1) is 0 Å². The van der Waals surface area contributed by atoms with Crippen LogP contribution in [0.2, 0.25) is 0 Å². The number of β-amino-alcohol motifs (C(OH)–C–C–N with tert-alkyl or cyclic N) is 1. The van der Waals surface area contributed by atoms with Gasteiger partial charge in [0.05, 0.1) is 6.10 Å². The minimum absolute atomic E-state index is 0.0786. The zero-order valence-corrected chi connectivity index (χ0v) is 11.0. The third kappa shape index (κ3) is 2.40. The van der Waals surface area contributed by atoms with Crippen molar-refractivity contribution in [2.24, 2.45) is 5.73 Å². The van der Waals surface area contributed by atoms with E-state index in [4.69, 9.17) is 10.8 Å². The molecule has 0 aromatic carbocycles. The molecule has 1 aliphatic rings. The van der Waals surface area contributed by atoms with E-state index in [9.17, 15) is 23.1 Å². The van der Waals surface area contributed by atoms with Crippen molar-refractivity contribution in [2.75, 3.05) is 6.54 Å². The maximum absolute atomic E-state index is 12.3. The van der Waals surface area contributed by atoms with Crippen LogP contribution in [-0.2, 0) is 14.8 Å². The van der Waals surface area contributed by atoms with Crippen LogP contribution in [0, 0.1) is 0 Å². The molecule has 20 heavy (non-hydrogen) atoms. The predicted octanol–water partition coefficient (Wildman–Crippen LogP) is -1.68. The Kier molecular flexibility index (Phi) is 3.54. The van der Waals surface area contributed by atoms with E-state index in [0.717, 1.165) is 16.6 Å². The van der Waals surface area contributed by atoms with Crippen molar-refractivity contribution in [3.8, 4) is 0 Å². The number of nitrogens with one attached hydrogen (secondary N) is 1. The number of aliphatic hydroxyl groups excluding tert-OH is 1. The minimum Gasteiger partial charge on any atom is -0.477 e. The summed E-state index contributed by atoms with van der Waals surface area (Å²) in [6, 6.07) is -0.196. The maximum Gasteiger partial charge on any atom is 0.352 e. The first-order valence-electron chi connectivity index (χ1n) is 5.64. The number of rotatable bonds is 4. The van der Waals surface area contributed by atoms with E-state index in [1.54, 1.807) is 0 Å². The number of aromatic amines is 1. The normalized spacial score (nSPS) is 23.9. The second-order valence-electron chi connectivity index (χ2n) is 4.44. The van der Waals surface area contributed by atoms with Gasteiger partial charge in [0.2, 0.25) is 15.9 Å². The van der Waals surface area contributed by atoms with Gasteiger partial charge < -0.3 is 20.9 Å². The summed E-state index contributed by atoms with van der Waals surface area (Å²) in [7, 11) is -4.10. The van der Waals surface area contributed by atoms with Crippen LogP contribution in [0.25, 0.3) is 0 Å². The van der Waals surface area contributed by atoms with Crippen LogP contribution < -0.4 is 5.73 Å². The molecule has 1 amide bonds. The molecule has 2 heterocycles. The number of nitrogens with zero attached hydrogens (tertiary/aromatic N) is 1. The van der Waals surface area contributed by atoms with Crippen molar-refractivity contribution in [2.45, 2.75) is 23.5 Å². The van der Waals surface area contributed by atoms with E-state index in [-0.39, 0.29) is 23.6 Å². The van der Waals surface area contributed by atoms with Gasteiger partial charge in [-0.2, -0.15) is 4.31 Å². The van der Waals surface area contributed by atoms with E-state index < -0.39 is 34.0 Å². The van der Waals surface area contributed by atoms with E-state index >= 15 is 0 Å². The SMILES string of the molecule is NC(=O)C1CC(O)CN1S(=O)(=O)c1c[nH]c(C(=O)O)c1. The molecule has 0 radical (unpaired) electrons. The summed E-state index contributed by atoms with van der Waals surface area (Å²) in [5.41, 5.74) is 4.83. The van der Waals surface area contributed by atoms with Crippen LogP contribution in [-0.4, -0.2) is 58.5 Å². The smallest absolute Gasteiger partial charge is 0.352 e. The predicted molar refractivity (Wildman–Crippen MR) is 65.3 cm³/mol. The quantitative estimate of drug-likeness (QED) is 0.521. The van der Waals surface area contributed by atoms with Crippen molar-refractivity contribution < 1.29 is 28.2 Å². The molecule has 2 rings (SSSR count). The second kappa shape index (κ2) is 4.89. The highest BCUT2D eigenvalue weighted by molar-refractivity contribution is 7.89. The summed E-state index contributed by atoms with van der Waals surface area (Å²) in [4.78, 5) is 24.0. The number of carboxylic acids is 1. The number of aliphatic hydroxyl groups is 1. The van der Waals surface area contributed by atoms with Crippen LogP contribution in [0.4, 0.5) is 0 Å². The highest BCUT2D eigenvalue weighted by Gasteiger charge is 2.42. The first kappa shape index (κ1) is 14.5. The van der Waals surface area contributed by atoms with Crippen molar-refractivity contribution in [3.05, 3.63) is 18.0 Å². The topological polar surface area (TPSA) is 154 Å². The fourth-order valence-corrected chi connectivity index (χ4v) is 3.73. The van der Waals surface area contributed by atoms with Crippen molar-refractivity contribution >= 4 is 21.9 Å². The average Bonchev–Trinajstić information content (AvgIpc) is 2.94. The molecule has 2 unspecified atom stereocenters. The average molecular weight is 303 g/mol. The molecule has 0 spiro atoms. The van der Waals surface area contributed by atoms with Crippen molar-refractivity contribution in [1.82, 2.24) is 9.29 Å². The van der Waals surface area contributed by atoms with Crippen LogP contribution in [0.15, 0.2) is 17.2 Å². The Bertz CT molecular complexity index is 652. The summed E-state index contributed by atoms with van der Waals surface area (Å²) in [5.74, 6) is -2.17. The molecule has 110 valence electrons. The van der Waals surface area contributed by atoms with Crippen molar-refractivity contribution in [1.29, 1.82) is 0 Å². The summed E-state index contributed by atoms with van der Waals surface area (Å²) in [6.45, 7) is -0.260. The molecule has 9 nitrogen and oxygen atoms in total. The lowest BCUT2D eigenvalue weighted by Gasteiger charge is -2.20. The summed E-state index contributed by atoms with van der Waals surface area (Å²) < 4.78 is 25.4. The fourth-order valence-electron chi connectivity index (χ4n) is 2.09. The lowest BCUT2D eigenvalue weighted by molar-refractivity contribution is -0.121. The Morgan fingerprint density at radius 2 is 2.10 bits per heavy atom. The number of hydrogen-bond donors (Lipinski definition) is 4. The number of amides is 1. The number of H-pyrrole nitrogens is 1. The van der Waals surface area contributed by atoms with E-state index in [1.165, 1.54) is 0 Å². The largest absolute Gasteiger partial charge is 0.477 e. The molecule has 0 aliphatic carbocycles. The summed E-state index contributed by atoms with van der Waals surface area (Å²) in [6.07, 6.45) is -0.0491. The van der Waals surface area contributed by atoms with Gasteiger partial charge in [-0.05, 0) is 6.07 Å². The molecule has 0 saturated carbocycles. The molecule has 1 fully saturated rings. The molecule has 1 aromatic rings. The number of nitrogens with two attached hydrogens (primary N) is 1. The number of aromatic nitrogens is 1. The number of hydrogen-bond acceptors (Lipinski definition) is 5. The number of carbonyl (C=O) groups is 2. The number of primary amides is 1. The Morgan fingerprint density at radius 3 is 2.60 bits per heavy atom. The number of aromatic carboxylic acids is 1. The first-order valence-corrected chi connectivity index (χ1v) is 7.08. The zero-order chi connectivity index (χ0) is 15.1. The third-order valence-electron chi connectivity index (χ3n) is 3.06. The molecule has 5 N–H and O–H groups in total. The lowest BCUT2D eigenvalue weighted by Crippen LogP contribution is -2.43. The van der Waals surface area contributed by atoms with Gasteiger partial charge in [0.1, 0.15) is 16.6 Å². The van der Waals surface area contributed by atoms with E-state index in [0.29, 0.717) is 0 Å². The van der Waals surface area contributed by atoms with Gasteiger partial charge in [0, 0.05) is 19.2 Å². The monoisotopic (exact) mass is 303 g/mol. The fraction of sp³-hybridized carbons (Fsp3) is 0.400. The van der Waals surface area contributed by atoms with Crippen LogP contribution in [0.5, 0.6) is 0 Å². The third-order valence-corrected chi connectivity index (χ3v) is 4.91. The molecular formula is C10H13N3O6S. The van der Waals surface area contributed by atoms with Gasteiger partial charge in [-0.3, -0.25) is 4.79 Å². The molecular weight excluding hydrogens is 290 g/mol. The Labute approximate surface area is 114 Å². The number of sulfonamides is 1. The van der Waals surface area contributed by atoms with Crippen molar-refractivity contribution in [3.63, 3.8) is 0 Å². The number of carboxylic acid groups (broad SMARTS) is 1. The second-order valence-corrected chi connectivity index (χ2v) is 6.33. The molecule has 0 bridgehead atoms. The standard InChI is InChI=1S/C10H13N3O6S/c11-9(15)8-1-5(14)4-13(8)20(18,19)6-2-7(10(16)17)12-3-6/h2-3,5,8,12,14H,1,4H2,(H2,11,15)(H,16,17). The van der Waals surface area contributed by atoms with E-state index in [1.807, 2.05) is 0 Å². The van der Waals surface area contributed by atoms with Crippen LogP contribution in [0.1, 0.15) is 16.9 Å². The van der Waals surface area contributed by atoms with Gasteiger partial charge in [-0.25, -0.2) is 13.2 Å². The van der Waals surface area contributed by atoms with Gasteiger partial charge in [0.15, 0.2) is 0 Å². The minimum atomic E-state index is -4.10. The van der Waals surface area contributed by atoms with Crippen LogP contribution >= 0.6 is 0 Å². The first-order chi connectivity index (χ1) is 9.23. The van der Waals surface area contributed by atoms with Gasteiger partial charge in [0.25, 0.3) is 0 Å². The Morgan fingerprint density at radius 1 is 1.45 bits per heavy atom. The van der Waals surface area contributed by atoms with Gasteiger partial charge in [-0.1, -0.05) is 0 Å². The molecule has 1 saturated heterocycles. The highest BCUT2D eigenvalue weighted by Crippen LogP contribution is 2.26. The molecule has 2 atom stereocenters. The van der Waals surface area contributed by atoms with Crippen LogP contribution in [0.3, 0.4) is 0 Å². The maximum atomic E-state index is 12.3. The highest BCUT2D eigenvalue weighted by atomic mass is 32.2. The van der Waals surface area contributed by atoms with E-state index in [2.05, 4.69) is 4.98 Å². The molecule has 1 aliphatic heterocycles. The summed E-state index contributed by atoms with van der Waals surface area (Å²) >= 11 is 0. The van der Waals surface area contributed by atoms with Gasteiger partial charge >= 0.3 is 5.97 Å². The Balaban J connectivity index is 2.38. The zero-order valence-electron chi connectivity index (χ0n) is 10.2. The lowest BCUT2D eigenvalue weighted by atomic mass is 10.2. The molecule has 1 aromatic heterocycles.